The molecule has 3 rings (SSSR count). The first-order chi connectivity index (χ1) is 13.0. The summed E-state index contributed by atoms with van der Waals surface area (Å²) in [6.45, 7) is 2.72. The first-order valence-electron chi connectivity index (χ1n) is 8.81. The van der Waals surface area contributed by atoms with Crippen molar-refractivity contribution in [3.63, 3.8) is 0 Å². The Hall–Kier alpha value is -1.76. The Kier molecular flexibility index (Phi) is 6.63. The predicted molar refractivity (Wildman–Crippen MR) is 110 cm³/mol. The number of hydrogen-bond acceptors (Lipinski definition) is 4. The van der Waals surface area contributed by atoms with Gasteiger partial charge in [-0.2, -0.15) is 0 Å². The van der Waals surface area contributed by atoms with Crippen LogP contribution in [0.1, 0.15) is 28.8 Å². The number of phenolic OH excluding ortho intramolecular Hbond substituents is 1. The molecule has 0 radical (unpaired) electrons. The first-order valence-corrected chi connectivity index (χ1v) is 9.98. The number of methoxy groups -OCH3 is 1. The SMILES string of the molecule is COc1c(Br)cc(Cl)c(O)c1C(=O)NC1CCN(Cc2ccccc2)CC1. The first kappa shape index (κ1) is 20.0. The zero-order valence-corrected chi connectivity index (χ0v) is 17.4. The Bertz CT molecular complexity index is 809. The van der Waals surface area contributed by atoms with Crippen LogP contribution in [0.2, 0.25) is 5.02 Å². The molecule has 5 nitrogen and oxygen atoms in total. The number of aromatic hydroxyl groups is 1. The van der Waals surface area contributed by atoms with Crippen LogP contribution in [0.3, 0.4) is 0 Å². The lowest BCUT2D eigenvalue weighted by atomic mass is 10.0. The van der Waals surface area contributed by atoms with Gasteiger partial charge in [0, 0.05) is 25.7 Å². The van der Waals surface area contributed by atoms with E-state index in [1.807, 2.05) is 18.2 Å². The number of amides is 1. The number of rotatable bonds is 5. The molecule has 1 aliphatic rings. The van der Waals surface area contributed by atoms with Gasteiger partial charge >= 0.3 is 0 Å². The number of ether oxygens (including phenoxy) is 1. The van der Waals surface area contributed by atoms with Crippen LogP contribution in [0, 0.1) is 0 Å². The summed E-state index contributed by atoms with van der Waals surface area (Å²) in [7, 11) is 1.45. The predicted octanol–water partition coefficient (Wildman–Crippen LogP) is 4.21. The van der Waals surface area contributed by atoms with Crippen LogP contribution in [0.25, 0.3) is 0 Å². The van der Waals surface area contributed by atoms with Crippen LogP contribution in [0.4, 0.5) is 0 Å². The molecule has 0 aliphatic carbocycles. The van der Waals surface area contributed by atoms with Gasteiger partial charge in [0.2, 0.25) is 0 Å². The van der Waals surface area contributed by atoms with E-state index in [9.17, 15) is 9.90 Å². The molecule has 0 unspecified atom stereocenters. The molecule has 0 spiro atoms. The van der Waals surface area contributed by atoms with Gasteiger partial charge in [-0.15, -0.1) is 0 Å². The van der Waals surface area contributed by atoms with Gasteiger partial charge < -0.3 is 15.2 Å². The van der Waals surface area contributed by atoms with Crippen molar-refractivity contribution in [1.29, 1.82) is 0 Å². The largest absolute Gasteiger partial charge is 0.505 e. The second-order valence-corrected chi connectivity index (χ2v) is 7.87. The van der Waals surface area contributed by atoms with Crippen LogP contribution in [-0.4, -0.2) is 42.2 Å². The molecule has 1 fully saturated rings. The minimum absolute atomic E-state index is 0.0476. The van der Waals surface area contributed by atoms with Crippen LogP contribution in [0.5, 0.6) is 11.5 Å². The number of carbonyl (C=O) groups excluding carboxylic acids is 1. The van der Waals surface area contributed by atoms with Crippen molar-refractivity contribution < 1.29 is 14.6 Å². The molecule has 27 heavy (non-hydrogen) atoms. The molecule has 0 saturated carbocycles. The third-order valence-electron chi connectivity index (χ3n) is 4.76. The highest BCUT2D eigenvalue weighted by Crippen LogP contribution is 2.40. The summed E-state index contributed by atoms with van der Waals surface area (Å²) in [5.74, 6) is -0.374. The lowest BCUT2D eigenvalue weighted by Gasteiger charge is -2.32. The normalized spacial score (nSPS) is 15.5. The van der Waals surface area contributed by atoms with E-state index in [1.54, 1.807) is 0 Å². The van der Waals surface area contributed by atoms with Gasteiger partial charge in [-0.1, -0.05) is 41.9 Å². The second-order valence-electron chi connectivity index (χ2n) is 6.61. The molecule has 0 atom stereocenters. The van der Waals surface area contributed by atoms with Crippen molar-refractivity contribution >= 4 is 33.4 Å². The third kappa shape index (κ3) is 4.75. The maximum Gasteiger partial charge on any atom is 0.259 e. The van der Waals surface area contributed by atoms with Crippen molar-refractivity contribution in [1.82, 2.24) is 10.2 Å². The Balaban J connectivity index is 1.62. The standard InChI is InChI=1S/C20H22BrClN2O3/c1-27-19-15(21)11-16(22)18(25)17(19)20(26)23-14-7-9-24(10-8-14)12-13-5-3-2-4-6-13/h2-6,11,14,25H,7-10,12H2,1H3,(H,23,26). The molecule has 1 saturated heterocycles. The number of carbonyl (C=O) groups is 1. The van der Waals surface area contributed by atoms with E-state index in [0.717, 1.165) is 32.5 Å². The minimum Gasteiger partial charge on any atom is -0.505 e. The third-order valence-corrected chi connectivity index (χ3v) is 5.64. The number of nitrogens with one attached hydrogen (secondary N) is 1. The van der Waals surface area contributed by atoms with Gasteiger partial charge in [-0.3, -0.25) is 9.69 Å². The average Bonchev–Trinajstić information content (AvgIpc) is 2.66. The summed E-state index contributed by atoms with van der Waals surface area (Å²) >= 11 is 9.33. The van der Waals surface area contributed by atoms with Crippen molar-refractivity contribution in [2.75, 3.05) is 20.2 Å². The monoisotopic (exact) mass is 452 g/mol. The molecule has 7 heteroatoms. The molecule has 144 valence electrons. The zero-order valence-electron chi connectivity index (χ0n) is 15.0. The fourth-order valence-electron chi connectivity index (χ4n) is 3.34. The van der Waals surface area contributed by atoms with Crippen LogP contribution in [-0.2, 0) is 6.54 Å². The van der Waals surface area contributed by atoms with E-state index < -0.39 is 0 Å². The van der Waals surface area contributed by atoms with E-state index in [4.69, 9.17) is 16.3 Å². The van der Waals surface area contributed by atoms with Crippen molar-refractivity contribution in [2.24, 2.45) is 0 Å². The van der Waals surface area contributed by atoms with Crippen LogP contribution >= 0.6 is 27.5 Å². The molecular weight excluding hydrogens is 432 g/mol. The maximum atomic E-state index is 12.7. The van der Waals surface area contributed by atoms with Crippen LogP contribution < -0.4 is 10.1 Å². The highest BCUT2D eigenvalue weighted by molar-refractivity contribution is 9.10. The number of benzene rings is 2. The Labute approximate surface area is 172 Å². The second kappa shape index (κ2) is 8.95. The van der Waals surface area contributed by atoms with E-state index in [2.05, 4.69) is 38.3 Å². The van der Waals surface area contributed by atoms with Crippen molar-refractivity contribution in [3.05, 3.63) is 57.0 Å². The molecule has 0 bridgehead atoms. The van der Waals surface area contributed by atoms with Gasteiger partial charge in [0.25, 0.3) is 5.91 Å². The van der Waals surface area contributed by atoms with Crippen molar-refractivity contribution in [3.8, 4) is 11.5 Å². The van der Waals surface area contributed by atoms with E-state index in [1.165, 1.54) is 18.7 Å². The Morgan fingerprint density at radius 1 is 1.33 bits per heavy atom. The van der Waals surface area contributed by atoms with Gasteiger partial charge in [-0.25, -0.2) is 0 Å². The number of likely N-dealkylation sites (tertiary alicyclic amines) is 1. The average molecular weight is 454 g/mol. The summed E-state index contributed by atoms with van der Waals surface area (Å²) in [6.07, 6.45) is 1.70. The zero-order chi connectivity index (χ0) is 19.4. The number of hydrogen-bond donors (Lipinski definition) is 2. The fourth-order valence-corrected chi connectivity index (χ4v) is 4.26. The molecule has 1 amide bonds. The highest BCUT2D eigenvalue weighted by atomic mass is 79.9. The fraction of sp³-hybridized carbons (Fsp3) is 0.350. The number of piperidine rings is 1. The molecule has 2 aromatic rings. The number of halogens is 2. The molecule has 0 aromatic heterocycles. The van der Waals surface area contributed by atoms with Gasteiger partial charge in [0.05, 0.1) is 16.6 Å². The molecule has 1 heterocycles. The molecule has 1 aliphatic heterocycles. The summed E-state index contributed by atoms with van der Waals surface area (Å²) in [5, 5.41) is 13.3. The topological polar surface area (TPSA) is 61.8 Å². The number of phenols is 1. The van der Waals surface area contributed by atoms with E-state index in [-0.39, 0.29) is 34.0 Å². The number of nitrogens with zero attached hydrogens (tertiary/aromatic N) is 1. The summed E-state index contributed by atoms with van der Waals surface area (Å²) in [5.41, 5.74) is 1.35. The molecular formula is C20H22BrClN2O3. The lowest BCUT2D eigenvalue weighted by molar-refractivity contribution is 0.0903. The molecule has 2 N–H and O–H groups in total. The van der Waals surface area contributed by atoms with Gasteiger partial charge in [0.15, 0.2) is 5.75 Å². The summed E-state index contributed by atoms with van der Waals surface area (Å²) in [6, 6.07) is 11.9. The highest BCUT2D eigenvalue weighted by Gasteiger charge is 2.26. The van der Waals surface area contributed by atoms with Crippen molar-refractivity contribution in [2.45, 2.75) is 25.4 Å². The minimum atomic E-state index is -0.381. The smallest absolute Gasteiger partial charge is 0.259 e. The summed E-state index contributed by atoms with van der Waals surface area (Å²) in [4.78, 5) is 15.1. The summed E-state index contributed by atoms with van der Waals surface area (Å²) < 4.78 is 5.79. The maximum absolute atomic E-state index is 12.7. The quantitative estimate of drug-likeness (QED) is 0.712. The van der Waals surface area contributed by atoms with Gasteiger partial charge in [0.1, 0.15) is 11.3 Å². The van der Waals surface area contributed by atoms with Gasteiger partial charge in [-0.05, 0) is 40.4 Å². The van der Waals surface area contributed by atoms with E-state index >= 15 is 0 Å². The van der Waals surface area contributed by atoms with E-state index in [0.29, 0.717) is 4.47 Å². The molecule has 2 aromatic carbocycles. The Morgan fingerprint density at radius 2 is 2.00 bits per heavy atom. The lowest BCUT2D eigenvalue weighted by Crippen LogP contribution is -2.44. The Morgan fingerprint density at radius 3 is 2.63 bits per heavy atom. The van der Waals surface area contributed by atoms with Crippen LogP contribution in [0.15, 0.2) is 40.9 Å².